The zero-order chi connectivity index (χ0) is 16.4. The van der Waals surface area contributed by atoms with Crippen LogP contribution in [0, 0.1) is 5.41 Å². The smallest absolute Gasteiger partial charge is 0.396 e. The Balaban J connectivity index is 0.00000264. The van der Waals surface area contributed by atoms with E-state index < -0.39 is 17.2 Å². The Morgan fingerprint density at radius 2 is 1.83 bits per heavy atom. The first-order valence-corrected chi connectivity index (χ1v) is 7.48. The van der Waals surface area contributed by atoms with Gasteiger partial charge in [-0.3, -0.25) is 4.90 Å². The molecule has 1 aliphatic heterocycles. The lowest BCUT2D eigenvalue weighted by molar-refractivity contribution is -0.137. The Labute approximate surface area is 141 Å². The Hall–Kier alpha value is -0.820. The molecule has 1 heterocycles. The van der Waals surface area contributed by atoms with Crippen molar-refractivity contribution in [3.63, 3.8) is 0 Å². The molecule has 1 fully saturated rings. The molecule has 132 valence electrons. The molecule has 0 aromatic heterocycles. The highest BCUT2D eigenvalue weighted by Crippen LogP contribution is 2.40. The summed E-state index contributed by atoms with van der Waals surface area (Å²) < 4.78 is 38.9. The summed E-state index contributed by atoms with van der Waals surface area (Å²) in [6.45, 7) is 6.81. The number of aliphatic hydroxyl groups is 1. The van der Waals surface area contributed by atoms with Gasteiger partial charge in [-0.15, -0.1) is 12.4 Å². The highest BCUT2D eigenvalue weighted by Gasteiger charge is 2.37. The SMILES string of the molecule is CC(C)(CO)[C@H](c1cccc(C(F)(F)F)c1)N1CCNCC1.Cl. The molecule has 2 N–H and O–H groups in total. The van der Waals surface area contributed by atoms with E-state index in [1.54, 1.807) is 6.07 Å². The summed E-state index contributed by atoms with van der Waals surface area (Å²) in [6.07, 6.45) is -4.35. The quantitative estimate of drug-likeness (QED) is 0.874. The zero-order valence-electron chi connectivity index (χ0n) is 13.4. The van der Waals surface area contributed by atoms with Crippen LogP contribution in [0.25, 0.3) is 0 Å². The molecule has 1 saturated heterocycles. The fourth-order valence-electron chi connectivity index (χ4n) is 3.07. The minimum Gasteiger partial charge on any atom is -0.396 e. The molecular weight excluding hydrogens is 329 g/mol. The van der Waals surface area contributed by atoms with E-state index in [0.29, 0.717) is 5.56 Å². The van der Waals surface area contributed by atoms with Gasteiger partial charge in [-0.05, 0) is 17.7 Å². The monoisotopic (exact) mass is 352 g/mol. The number of aliphatic hydroxyl groups excluding tert-OH is 1. The van der Waals surface area contributed by atoms with Gasteiger partial charge in [0.15, 0.2) is 0 Å². The van der Waals surface area contributed by atoms with Gasteiger partial charge in [0.2, 0.25) is 0 Å². The van der Waals surface area contributed by atoms with E-state index in [9.17, 15) is 18.3 Å². The van der Waals surface area contributed by atoms with Crippen LogP contribution in [-0.4, -0.2) is 42.8 Å². The van der Waals surface area contributed by atoms with Gasteiger partial charge in [0.05, 0.1) is 5.56 Å². The lowest BCUT2D eigenvalue weighted by atomic mass is 9.79. The maximum atomic E-state index is 13.0. The van der Waals surface area contributed by atoms with Gasteiger partial charge in [0, 0.05) is 44.2 Å². The summed E-state index contributed by atoms with van der Waals surface area (Å²) in [5.74, 6) is 0. The lowest BCUT2D eigenvalue weighted by Gasteiger charge is -2.43. The third kappa shape index (κ3) is 4.83. The van der Waals surface area contributed by atoms with E-state index in [0.717, 1.165) is 32.2 Å². The molecule has 1 aromatic carbocycles. The van der Waals surface area contributed by atoms with Crippen LogP contribution in [0.5, 0.6) is 0 Å². The molecule has 0 unspecified atom stereocenters. The van der Waals surface area contributed by atoms with Crippen LogP contribution >= 0.6 is 12.4 Å². The van der Waals surface area contributed by atoms with Crippen LogP contribution in [-0.2, 0) is 6.18 Å². The maximum Gasteiger partial charge on any atom is 0.416 e. The first-order valence-electron chi connectivity index (χ1n) is 7.48. The average Bonchev–Trinajstić information content (AvgIpc) is 2.48. The van der Waals surface area contributed by atoms with Crippen molar-refractivity contribution in [3.8, 4) is 0 Å². The second-order valence-electron chi connectivity index (χ2n) is 6.46. The molecule has 2 rings (SSSR count). The number of nitrogens with one attached hydrogen (secondary N) is 1. The summed E-state index contributed by atoms with van der Waals surface area (Å²) in [5, 5.41) is 13.0. The first-order chi connectivity index (χ1) is 10.3. The standard InChI is InChI=1S/C16H23F3N2O.ClH/c1-15(2,11-22)14(21-8-6-20-7-9-21)12-4-3-5-13(10-12)16(17,18)19;/h3-5,10,14,20,22H,6-9,11H2,1-2H3;1H/t14-;/m0./s1. The molecule has 3 nitrogen and oxygen atoms in total. The maximum absolute atomic E-state index is 13.0. The molecule has 0 amide bonds. The predicted molar refractivity (Wildman–Crippen MR) is 86.7 cm³/mol. The molecule has 1 aromatic rings. The van der Waals surface area contributed by atoms with E-state index in [1.165, 1.54) is 12.1 Å². The largest absolute Gasteiger partial charge is 0.416 e. The number of alkyl halides is 3. The van der Waals surface area contributed by atoms with Crippen molar-refractivity contribution < 1.29 is 18.3 Å². The minimum atomic E-state index is -4.35. The molecule has 0 saturated carbocycles. The third-order valence-electron chi connectivity index (χ3n) is 4.19. The summed E-state index contributed by atoms with van der Waals surface area (Å²) >= 11 is 0. The number of nitrogens with zero attached hydrogens (tertiary/aromatic N) is 1. The van der Waals surface area contributed by atoms with Gasteiger partial charge in [-0.2, -0.15) is 13.2 Å². The fraction of sp³-hybridized carbons (Fsp3) is 0.625. The van der Waals surface area contributed by atoms with Crippen LogP contribution < -0.4 is 5.32 Å². The molecule has 7 heteroatoms. The Morgan fingerprint density at radius 3 is 2.35 bits per heavy atom. The number of hydrogen-bond donors (Lipinski definition) is 2. The highest BCUT2D eigenvalue weighted by molar-refractivity contribution is 5.85. The van der Waals surface area contributed by atoms with Crippen LogP contribution in [0.15, 0.2) is 24.3 Å². The van der Waals surface area contributed by atoms with E-state index in [2.05, 4.69) is 10.2 Å². The summed E-state index contributed by atoms with van der Waals surface area (Å²) in [4.78, 5) is 2.15. The van der Waals surface area contributed by atoms with Crippen LogP contribution in [0.1, 0.15) is 31.0 Å². The van der Waals surface area contributed by atoms with Gasteiger partial charge in [0.25, 0.3) is 0 Å². The van der Waals surface area contributed by atoms with Crippen molar-refractivity contribution in [2.45, 2.75) is 26.1 Å². The predicted octanol–water partition coefficient (Wildman–Crippen LogP) is 3.09. The molecular formula is C16H24ClF3N2O. The number of benzene rings is 1. The van der Waals surface area contributed by atoms with Crippen LogP contribution in [0.4, 0.5) is 13.2 Å². The molecule has 1 aliphatic rings. The van der Waals surface area contributed by atoms with E-state index in [1.807, 2.05) is 13.8 Å². The van der Waals surface area contributed by atoms with E-state index in [4.69, 9.17) is 0 Å². The Morgan fingerprint density at radius 1 is 1.22 bits per heavy atom. The van der Waals surface area contributed by atoms with Gasteiger partial charge in [-0.1, -0.05) is 26.0 Å². The summed E-state index contributed by atoms with van der Waals surface area (Å²) in [5.41, 5.74) is -0.559. The number of rotatable bonds is 4. The third-order valence-corrected chi connectivity index (χ3v) is 4.19. The number of halogens is 4. The van der Waals surface area contributed by atoms with Gasteiger partial charge in [-0.25, -0.2) is 0 Å². The number of piperazine rings is 1. The van der Waals surface area contributed by atoms with E-state index in [-0.39, 0.29) is 25.1 Å². The minimum absolute atomic E-state index is 0. The second kappa shape index (κ2) is 7.83. The highest BCUT2D eigenvalue weighted by atomic mass is 35.5. The fourth-order valence-corrected chi connectivity index (χ4v) is 3.07. The van der Waals surface area contributed by atoms with Gasteiger partial charge < -0.3 is 10.4 Å². The lowest BCUT2D eigenvalue weighted by Crippen LogP contribution is -2.49. The molecule has 23 heavy (non-hydrogen) atoms. The van der Waals surface area contributed by atoms with Crippen molar-refractivity contribution in [3.05, 3.63) is 35.4 Å². The summed E-state index contributed by atoms with van der Waals surface area (Å²) in [6, 6.07) is 5.22. The van der Waals surface area contributed by atoms with Crippen molar-refractivity contribution >= 4 is 12.4 Å². The zero-order valence-corrected chi connectivity index (χ0v) is 14.2. The molecule has 0 bridgehead atoms. The molecule has 0 spiro atoms. The van der Waals surface area contributed by atoms with Crippen molar-refractivity contribution in [2.75, 3.05) is 32.8 Å². The molecule has 1 atom stereocenters. The molecule has 0 aliphatic carbocycles. The van der Waals surface area contributed by atoms with Crippen molar-refractivity contribution in [1.29, 1.82) is 0 Å². The van der Waals surface area contributed by atoms with Crippen LogP contribution in [0.3, 0.4) is 0 Å². The topological polar surface area (TPSA) is 35.5 Å². The molecule has 0 radical (unpaired) electrons. The first kappa shape index (κ1) is 20.2. The Bertz CT molecular complexity index is 502. The van der Waals surface area contributed by atoms with Gasteiger partial charge in [0.1, 0.15) is 0 Å². The van der Waals surface area contributed by atoms with Crippen molar-refractivity contribution in [1.82, 2.24) is 10.2 Å². The number of hydrogen-bond acceptors (Lipinski definition) is 3. The average molecular weight is 353 g/mol. The van der Waals surface area contributed by atoms with Crippen molar-refractivity contribution in [2.24, 2.45) is 5.41 Å². The van der Waals surface area contributed by atoms with Crippen LogP contribution in [0.2, 0.25) is 0 Å². The van der Waals surface area contributed by atoms with Gasteiger partial charge >= 0.3 is 6.18 Å². The van der Waals surface area contributed by atoms with E-state index >= 15 is 0 Å². The normalized spacial score (nSPS) is 18.3. The Kier molecular flexibility index (Phi) is 6.89. The summed E-state index contributed by atoms with van der Waals surface area (Å²) in [7, 11) is 0. The second-order valence-corrected chi connectivity index (χ2v) is 6.46.